The van der Waals surface area contributed by atoms with Crippen molar-refractivity contribution < 1.29 is 36.3 Å². The Morgan fingerprint density at radius 1 is 0.755 bits per heavy atom. The van der Waals surface area contributed by atoms with E-state index in [-0.39, 0.29) is 28.2 Å². The van der Waals surface area contributed by atoms with Crippen LogP contribution in [-0.2, 0) is 23.3 Å². The largest absolute Gasteiger partial charge is 0.448 e. The van der Waals surface area contributed by atoms with Crippen LogP contribution in [0, 0.1) is 23.3 Å². The predicted molar refractivity (Wildman–Crippen MR) is 190 cm³/mol. The van der Waals surface area contributed by atoms with E-state index in [9.17, 15) is 27.2 Å². The maximum Gasteiger partial charge on any atom is 0.294 e. The second-order valence-corrected chi connectivity index (χ2v) is 13.2. The van der Waals surface area contributed by atoms with Crippen molar-refractivity contribution in [1.29, 1.82) is 0 Å². The molecule has 0 amide bonds. The molecule has 0 atom stereocenters. The zero-order valence-electron chi connectivity index (χ0n) is 28.1. The lowest BCUT2D eigenvalue weighted by Gasteiger charge is -2.22. The zero-order valence-corrected chi connectivity index (χ0v) is 29.8. The van der Waals surface area contributed by atoms with Crippen molar-refractivity contribution in [2.75, 3.05) is 23.9 Å². The normalized spacial score (nSPS) is 13.1. The summed E-state index contributed by atoms with van der Waals surface area (Å²) in [6.07, 6.45) is 5.13. The molecule has 4 aromatic heterocycles. The van der Waals surface area contributed by atoms with Gasteiger partial charge in [0.2, 0.25) is 11.1 Å². The van der Waals surface area contributed by atoms with Crippen LogP contribution >= 0.6 is 23.8 Å². The van der Waals surface area contributed by atoms with Crippen LogP contribution in [0.3, 0.4) is 0 Å². The van der Waals surface area contributed by atoms with Crippen LogP contribution < -0.4 is 25.9 Å². The van der Waals surface area contributed by atoms with Crippen LogP contribution in [-0.4, -0.2) is 53.7 Å². The van der Waals surface area contributed by atoms with Crippen molar-refractivity contribution in [3.63, 3.8) is 0 Å². The number of fused-ring (bicyclic) bond motifs is 2. The first-order valence-corrected chi connectivity index (χ1v) is 17.6. The number of benzene rings is 2. The molecule has 1 saturated heterocycles. The number of thioether (sulfide) groups is 1. The fourth-order valence-electron chi connectivity index (χ4n) is 5.12. The lowest BCUT2D eigenvalue weighted by molar-refractivity contribution is -0.160. The first kappa shape index (κ1) is 37.5. The summed E-state index contributed by atoms with van der Waals surface area (Å²) in [7, 11) is 4.38. The number of rotatable bonds is 9. The van der Waals surface area contributed by atoms with Gasteiger partial charge in [0, 0.05) is 55.4 Å². The van der Waals surface area contributed by atoms with E-state index in [1.807, 2.05) is 11.8 Å². The number of nitrogens with one attached hydrogen (secondary N) is 1. The number of hydrogen-bond donors (Lipinski definition) is 1. The zero-order chi connectivity index (χ0) is 37.6. The summed E-state index contributed by atoms with van der Waals surface area (Å²) in [5, 5.41) is 4.62. The van der Waals surface area contributed by atoms with Gasteiger partial charge in [-0.2, -0.15) is 21.1 Å². The molecule has 19 heteroatoms. The van der Waals surface area contributed by atoms with Gasteiger partial charge in [-0.15, -0.1) is 0 Å². The molecule has 7 rings (SSSR count). The van der Waals surface area contributed by atoms with Gasteiger partial charge in [-0.1, -0.05) is 0 Å². The molecule has 1 N–H and O–H groups in total. The van der Waals surface area contributed by atoms with Crippen LogP contribution in [0.1, 0.15) is 12.8 Å². The highest BCUT2D eigenvalue weighted by molar-refractivity contribution is 7.99. The van der Waals surface area contributed by atoms with Gasteiger partial charge in [-0.05, 0) is 60.7 Å². The topological polar surface area (TPSA) is 145 Å². The number of halogens is 4. The smallest absolute Gasteiger partial charge is 0.294 e. The maximum absolute atomic E-state index is 13.8. The third-order valence-electron chi connectivity index (χ3n) is 7.77. The second kappa shape index (κ2) is 16.6. The second-order valence-electron chi connectivity index (χ2n) is 11.4. The van der Waals surface area contributed by atoms with Gasteiger partial charge in [-0.3, -0.25) is 18.7 Å². The van der Waals surface area contributed by atoms with Crippen LogP contribution in [0.4, 0.5) is 23.5 Å². The van der Waals surface area contributed by atoms with Crippen molar-refractivity contribution in [2.45, 2.75) is 24.0 Å². The molecular weight excluding hydrogens is 743 g/mol. The van der Waals surface area contributed by atoms with Gasteiger partial charge < -0.3 is 14.8 Å². The first-order chi connectivity index (χ1) is 25.5. The van der Waals surface area contributed by atoms with E-state index in [1.54, 1.807) is 13.2 Å². The number of aryl methyl sites for hydroxylation is 2. The minimum Gasteiger partial charge on any atom is -0.448 e. The minimum absolute atomic E-state index is 0.0888. The van der Waals surface area contributed by atoms with Gasteiger partial charge in [-0.25, -0.2) is 37.4 Å². The van der Waals surface area contributed by atoms with Crippen molar-refractivity contribution in [3.8, 4) is 23.0 Å². The molecule has 1 fully saturated rings. The summed E-state index contributed by atoms with van der Waals surface area (Å²) in [6.45, 7) is 0. The highest BCUT2D eigenvalue weighted by atomic mass is 32.2. The Balaban J connectivity index is 0.000000183. The van der Waals surface area contributed by atoms with Gasteiger partial charge in [0.25, 0.3) is 11.1 Å². The van der Waals surface area contributed by atoms with Gasteiger partial charge in [0.15, 0.2) is 34.6 Å². The summed E-state index contributed by atoms with van der Waals surface area (Å²) < 4.78 is 71.5. The number of pyridine rings is 2. The van der Waals surface area contributed by atoms with Gasteiger partial charge in [0.1, 0.15) is 35.0 Å². The Morgan fingerprint density at radius 3 is 1.81 bits per heavy atom. The molecule has 2 aromatic carbocycles. The lowest BCUT2D eigenvalue weighted by atomic mass is 10.2. The molecule has 0 radical (unpaired) electrons. The van der Waals surface area contributed by atoms with E-state index < -0.39 is 34.4 Å². The number of aromatic nitrogens is 6. The molecule has 0 saturated carbocycles. The molecular formula is C34H29F4N7O6S2. The monoisotopic (exact) mass is 771 g/mol. The summed E-state index contributed by atoms with van der Waals surface area (Å²) in [5.41, 5.74) is -0.248. The third kappa shape index (κ3) is 8.87. The number of hydrogen-bond acceptors (Lipinski definition) is 13. The molecule has 13 nitrogen and oxygen atoms in total. The van der Waals surface area contributed by atoms with E-state index in [1.165, 1.54) is 41.6 Å². The van der Waals surface area contributed by atoms with Crippen molar-refractivity contribution in [3.05, 3.63) is 105 Å². The van der Waals surface area contributed by atoms with E-state index in [0.29, 0.717) is 46.2 Å². The standard InChI is InChI=1S/C19H18F2N4O2S.C15H11F2N3O4S/c1-25-17-11(10-22-19(24-17)23-13-4-6-28-7-5-13)8-16(18(25)26)27-15-3-2-12(20)9-14(15)21;1-20-13-8(7-18-15(19-13)25-24-22-2)5-12(14(20)21)23-11-4-3-9(16)6-10(11)17/h2-3,8-10,13H,4-7H2,1H3,(H,22,23,24);3-7H,1-2H3. The minimum atomic E-state index is -0.915. The molecule has 53 heavy (non-hydrogen) atoms. The summed E-state index contributed by atoms with van der Waals surface area (Å²) >= 11 is 2.72. The molecule has 0 spiro atoms. The Kier molecular flexibility index (Phi) is 11.8. The molecule has 6 aromatic rings. The van der Waals surface area contributed by atoms with E-state index in [4.69, 9.17) is 9.47 Å². The van der Waals surface area contributed by atoms with Gasteiger partial charge in [0.05, 0.1) is 7.11 Å². The van der Waals surface area contributed by atoms with Crippen molar-refractivity contribution in [1.82, 2.24) is 29.1 Å². The maximum atomic E-state index is 13.8. The highest BCUT2D eigenvalue weighted by Gasteiger charge is 2.18. The molecule has 1 aliphatic heterocycles. The van der Waals surface area contributed by atoms with Crippen molar-refractivity contribution >= 4 is 51.8 Å². The van der Waals surface area contributed by atoms with Crippen molar-refractivity contribution in [2.24, 2.45) is 14.1 Å². The molecule has 0 unspecified atom stereocenters. The average molecular weight is 772 g/mol. The highest BCUT2D eigenvalue weighted by Crippen LogP contribution is 2.27. The lowest BCUT2D eigenvalue weighted by Crippen LogP contribution is -2.26. The van der Waals surface area contributed by atoms with E-state index in [0.717, 1.165) is 60.7 Å². The van der Waals surface area contributed by atoms with Crippen LogP contribution in [0.25, 0.3) is 22.1 Å². The third-order valence-corrected chi connectivity index (χ3v) is 9.37. The first-order valence-electron chi connectivity index (χ1n) is 15.7. The number of anilines is 1. The number of nitrogens with zero attached hydrogens (tertiary/aromatic N) is 6. The summed E-state index contributed by atoms with van der Waals surface area (Å²) in [4.78, 5) is 46.5. The molecule has 0 aliphatic carbocycles. The number of ether oxygens (including phenoxy) is 2. The SMILES string of the molecule is COOSc1ncc2cc(Oc3ccc(F)cc3F)c(=O)n(C)c2n1.Cn1c(=O)c(Oc2ccc(F)cc2F)cc2cnc(NC3CCSCC3)nc21. The Bertz CT molecular complexity index is 2410. The van der Waals surface area contributed by atoms with E-state index in [2.05, 4.69) is 34.5 Å². The molecule has 0 bridgehead atoms. The fourth-order valence-corrected chi connectivity index (χ4v) is 6.57. The van der Waals surface area contributed by atoms with Crippen LogP contribution in [0.15, 0.2) is 75.7 Å². The van der Waals surface area contributed by atoms with E-state index >= 15 is 0 Å². The molecule has 5 heterocycles. The quantitative estimate of drug-likeness (QED) is 0.0549. The van der Waals surface area contributed by atoms with Crippen LogP contribution in [0.5, 0.6) is 23.0 Å². The molecule has 276 valence electrons. The Hall–Kier alpha value is -5.24. The average Bonchev–Trinajstić information content (AvgIpc) is 3.15. The summed E-state index contributed by atoms with van der Waals surface area (Å²) in [6, 6.07) is 8.87. The Labute approximate surface area is 306 Å². The summed E-state index contributed by atoms with van der Waals surface area (Å²) in [5.74, 6) is -1.31. The van der Waals surface area contributed by atoms with Crippen LogP contribution in [0.2, 0.25) is 0 Å². The Morgan fingerprint density at radius 2 is 1.28 bits per heavy atom. The predicted octanol–water partition coefficient (Wildman–Crippen LogP) is 6.69. The fraction of sp³-hybridized carbons (Fsp3) is 0.235. The van der Waals surface area contributed by atoms with Gasteiger partial charge >= 0.3 is 0 Å². The molecule has 1 aliphatic rings.